The lowest BCUT2D eigenvalue weighted by Gasteiger charge is -2.09. The second kappa shape index (κ2) is 9.00. The van der Waals surface area contributed by atoms with Gasteiger partial charge in [-0.05, 0) is 59.2 Å². The normalized spacial score (nSPS) is 12.1. The van der Waals surface area contributed by atoms with E-state index in [4.69, 9.17) is 9.47 Å². The summed E-state index contributed by atoms with van der Waals surface area (Å²) in [5.74, 6) is -0.0888. The van der Waals surface area contributed by atoms with Crippen molar-refractivity contribution in [3.05, 3.63) is 78.4 Å². The molecule has 3 rings (SSSR count). The quantitative estimate of drug-likeness (QED) is 0.329. The summed E-state index contributed by atoms with van der Waals surface area (Å²) in [6, 6.07) is 20.4. The van der Waals surface area contributed by atoms with E-state index in [2.05, 4.69) is 0 Å². The van der Waals surface area contributed by atoms with Crippen LogP contribution in [0.3, 0.4) is 0 Å². The minimum Gasteiger partial charge on any atom is -0.426 e. The fourth-order valence-corrected chi connectivity index (χ4v) is 2.59. The second-order valence-corrected chi connectivity index (χ2v) is 6.56. The molecule has 0 bridgehead atoms. The van der Waals surface area contributed by atoms with E-state index in [1.165, 1.54) is 6.08 Å². The largest absolute Gasteiger partial charge is 0.426 e. The number of ether oxygens (including phenoxy) is 2. The number of carbonyl (C=O) groups excluding carboxylic acids is 2. The summed E-state index contributed by atoms with van der Waals surface area (Å²) in [4.78, 5) is 23.8. The second-order valence-electron chi connectivity index (χ2n) is 6.56. The number of esters is 2. The van der Waals surface area contributed by atoms with Gasteiger partial charge < -0.3 is 9.47 Å². The van der Waals surface area contributed by atoms with Crippen molar-refractivity contribution < 1.29 is 19.1 Å². The van der Waals surface area contributed by atoms with Crippen LogP contribution in [0.2, 0.25) is 0 Å². The van der Waals surface area contributed by atoms with Crippen LogP contribution >= 0.6 is 0 Å². The minimum absolute atomic E-state index is 0.155. The molecule has 0 saturated heterocycles. The molecule has 142 valence electrons. The third-order valence-corrected chi connectivity index (χ3v) is 4.46. The summed E-state index contributed by atoms with van der Waals surface area (Å²) in [6.07, 6.45) is 3.83. The van der Waals surface area contributed by atoms with Crippen LogP contribution in [0.25, 0.3) is 16.8 Å². The van der Waals surface area contributed by atoms with E-state index in [9.17, 15) is 9.59 Å². The molecule has 0 fully saturated rings. The molecule has 3 aromatic carbocycles. The van der Waals surface area contributed by atoms with Crippen molar-refractivity contribution >= 4 is 28.8 Å². The Morgan fingerprint density at radius 2 is 1.54 bits per heavy atom. The number of rotatable bonds is 6. The highest BCUT2D eigenvalue weighted by Crippen LogP contribution is 2.20. The molecule has 0 aliphatic carbocycles. The molecule has 0 radical (unpaired) electrons. The van der Waals surface area contributed by atoms with E-state index in [0.717, 1.165) is 22.8 Å². The first-order valence-electron chi connectivity index (χ1n) is 9.25. The third-order valence-electron chi connectivity index (χ3n) is 4.46. The van der Waals surface area contributed by atoms with E-state index in [1.807, 2.05) is 56.3 Å². The van der Waals surface area contributed by atoms with E-state index < -0.39 is 5.97 Å². The molecule has 0 N–H and O–H groups in total. The zero-order chi connectivity index (χ0) is 19.9. The lowest BCUT2D eigenvalue weighted by Crippen LogP contribution is -2.16. The minimum atomic E-state index is -0.475. The van der Waals surface area contributed by atoms with Crippen LogP contribution in [0.15, 0.2) is 72.8 Å². The van der Waals surface area contributed by atoms with Crippen molar-refractivity contribution in [3.8, 4) is 11.5 Å². The van der Waals surface area contributed by atoms with Crippen LogP contribution in [-0.4, -0.2) is 11.9 Å². The highest BCUT2D eigenvalue weighted by Gasteiger charge is 2.13. The SMILES string of the molecule is CCC(C)C(=O)Oc1ccc(OC(=O)C=Cc2ccc3ccccc3c2)cc1. The smallest absolute Gasteiger partial charge is 0.336 e. The maximum atomic E-state index is 12.0. The summed E-state index contributed by atoms with van der Waals surface area (Å²) in [5.41, 5.74) is 0.919. The lowest BCUT2D eigenvalue weighted by molar-refractivity contribution is -0.138. The standard InChI is InChI=1S/C24H22O4/c1-3-17(2)24(26)28-22-13-11-21(12-14-22)27-23(25)15-9-18-8-10-19-6-4-5-7-20(19)16-18/h4-17H,3H2,1-2H3. The molecule has 0 spiro atoms. The predicted molar refractivity (Wildman–Crippen MR) is 110 cm³/mol. The summed E-state index contributed by atoms with van der Waals surface area (Å²) in [7, 11) is 0. The molecule has 4 nitrogen and oxygen atoms in total. The molecule has 0 aliphatic rings. The first-order chi connectivity index (χ1) is 13.5. The monoisotopic (exact) mass is 374 g/mol. The van der Waals surface area contributed by atoms with Crippen LogP contribution in [-0.2, 0) is 9.59 Å². The Labute approximate surface area is 164 Å². The molecule has 0 saturated carbocycles. The van der Waals surface area contributed by atoms with Gasteiger partial charge in [0.2, 0.25) is 0 Å². The van der Waals surface area contributed by atoms with Gasteiger partial charge in [-0.2, -0.15) is 0 Å². The van der Waals surface area contributed by atoms with Crippen molar-refractivity contribution in [2.75, 3.05) is 0 Å². The number of hydrogen-bond acceptors (Lipinski definition) is 4. The van der Waals surface area contributed by atoms with E-state index in [1.54, 1.807) is 30.3 Å². The molecular weight excluding hydrogens is 352 g/mol. The lowest BCUT2D eigenvalue weighted by atomic mass is 10.1. The Morgan fingerprint density at radius 3 is 2.21 bits per heavy atom. The number of benzene rings is 3. The summed E-state index contributed by atoms with van der Waals surface area (Å²) < 4.78 is 10.6. The fourth-order valence-electron chi connectivity index (χ4n) is 2.59. The maximum absolute atomic E-state index is 12.0. The summed E-state index contributed by atoms with van der Waals surface area (Å²) >= 11 is 0. The van der Waals surface area contributed by atoms with Crippen LogP contribution in [0.1, 0.15) is 25.8 Å². The molecular formula is C24H22O4. The van der Waals surface area contributed by atoms with Gasteiger partial charge in [0.15, 0.2) is 0 Å². The molecule has 3 aromatic rings. The van der Waals surface area contributed by atoms with Gasteiger partial charge in [0.05, 0.1) is 5.92 Å². The predicted octanol–water partition coefficient (Wildman–Crippen LogP) is 5.41. The fraction of sp³-hybridized carbons (Fsp3) is 0.167. The molecule has 0 amide bonds. The molecule has 0 heterocycles. The maximum Gasteiger partial charge on any atom is 0.336 e. The molecule has 1 unspecified atom stereocenters. The number of hydrogen-bond donors (Lipinski definition) is 0. The topological polar surface area (TPSA) is 52.6 Å². The van der Waals surface area contributed by atoms with E-state index in [0.29, 0.717) is 11.5 Å². The Hall–Kier alpha value is -3.40. The Bertz CT molecular complexity index is 1000. The van der Waals surface area contributed by atoms with Gasteiger partial charge in [0, 0.05) is 6.08 Å². The van der Waals surface area contributed by atoms with Crippen LogP contribution in [0, 0.1) is 5.92 Å². The van der Waals surface area contributed by atoms with Gasteiger partial charge in [0.1, 0.15) is 11.5 Å². The first-order valence-corrected chi connectivity index (χ1v) is 9.25. The van der Waals surface area contributed by atoms with Gasteiger partial charge in [0.25, 0.3) is 0 Å². The van der Waals surface area contributed by atoms with Gasteiger partial charge >= 0.3 is 11.9 Å². The Morgan fingerprint density at radius 1 is 0.893 bits per heavy atom. The average molecular weight is 374 g/mol. The molecule has 4 heteroatoms. The summed E-state index contributed by atoms with van der Waals surface area (Å²) in [5, 5.41) is 2.26. The van der Waals surface area contributed by atoms with E-state index >= 15 is 0 Å². The Kier molecular flexibility index (Phi) is 6.22. The van der Waals surface area contributed by atoms with Crippen molar-refractivity contribution in [1.29, 1.82) is 0 Å². The first kappa shape index (κ1) is 19.4. The third kappa shape index (κ3) is 5.07. The number of carbonyl (C=O) groups is 2. The zero-order valence-electron chi connectivity index (χ0n) is 15.9. The highest BCUT2D eigenvalue weighted by molar-refractivity contribution is 5.90. The van der Waals surface area contributed by atoms with Gasteiger partial charge in [-0.15, -0.1) is 0 Å². The van der Waals surface area contributed by atoms with Gasteiger partial charge in [-0.1, -0.05) is 50.2 Å². The number of fused-ring (bicyclic) bond motifs is 1. The summed E-state index contributed by atoms with van der Waals surface area (Å²) in [6.45, 7) is 3.75. The van der Waals surface area contributed by atoms with Gasteiger partial charge in [-0.3, -0.25) is 4.79 Å². The van der Waals surface area contributed by atoms with Crippen molar-refractivity contribution in [2.24, 2.45) is 5.92 Å². The van der Waals surface area contributed by atoms with Crippen LogP contribution in [0.5, 0.6) is 11.5 Å². The van der Waals surface area contributed by atoms with Crippen molar-refractivity contribution in [3.63, 3.8) is 0 Å². The molecule has 0 aromatic heterocycles. The zero-order valence-corrected chi connectivity index (χ0v) is 15.9. The van der Waals surface area contributed by atoms with Crippen molar-refractivity contribution in [1.82, 2.24) is 0 Å². The molecule has 0 aliphatic heterocycles. The molecule has 28 heavy (non-hydrogen) atoms. The van der Waals surface area contributed by atoms with Crippen molar-refractivity contribution in [2.45, 2.75) is 20.3 Å². The molecule has 1 atom stereocenters. The van der Waals surface area contributed by atoms with Crippen LogP contribution in [0.4, 0.5) is 0 Å². The van der Waals surface area contributed by atoms with Gasteiger partial charge in [-0.25, -0.2) is 4.79 Å². The van der Waals surface area contributed by atoms with E-state index in [-0.39, 0.29) is 11.9 Å². The Balaban J connectivity index is 1.59. The highest BCUT2D eigenvalue weighted by atomic mass is 16.5. The van der Waals surface area contributed by atoms with Crippen LogP contribution < -0.4 is 9.47 Å². The average Bonchev–Trinajstić information content (AvgIpc) is 2.72.